The van der Waals surface area contributed by atoms with Crippen molar-refractivity contribution in [2.75, 3.05) is 20.0 Å². The molecule has 0 unspecified atom stereocenters. The molecule has 0 aliphatic heterocycles. The number of fused-ring (bicyclic) bond motifs is 1. The third-order valence-corrected chi connectivity index (χ3v) is 3.63. The molecule has 128 valence electrons. The van der Waals surface area contributed by atoms with Crippen LogP contribution in [0.4, 0.5) is 5.82 Å². The molecular formula is C18H17N3O4. The van der Waals surface area contributed by atoms with Crippen LogP contribution in [0.5, 0.6) is 11.5 Å². The van der Waals surface area contributed by atoms with Gasteiger partial charge in [0.2, 0.25) is 0 Å². The zero-order chi connectivity index (χ0) is 17.8. The van der Waals surface area contributed by atoms with Crippen molar-refractivity contribution in [2.45, 2.75) is 6.61 Å². The van der Waals surface area contributed by atoms with Gasteiger partial charge in [0.1, 0.15) is 11.4 Å². The molecule has 0 amide bonds. The van der Waals surface area contributed by atoms with Crippen LogP contribution in [0.2, 0.25) is 0 Å². The van der Waals surface area contributed by atoms with Gasteiger partial charge in [-0.05, 0) is 24.3 Å². The van der Waals surface area contributed by atoms with Crippen LogP contribution < -0.4 is 15.2 Å². The summed E-state index contributed by atoms with van der Waals surface area (Å²) >= 11 is 0. The predicted molar refractivity (Wildman–Crippen MR) is 92.6 cm³/mol. The van der Waals surface area contributed by atoms with Crippen molar-refractivity contribution in [3.8, 4) is 11.5 Å². The molecule has 0 saturated carbocycles. The minimum Gasteiger partial charge on any atom is -0.493 e. The highest BCUT2D eigenvalue weighted by Gasteiger charge is 2.18. The summed E-state index contributed by atoms with van der Waals surface area (Å²) in [7, 11) is 2.96. The van der Waals surface area contributed by atoms with Crippen molar-refractivity contribution in [2.24, 2.45) is 0 Å². The van der Waals surface area contributed by atoms with Crippen molar-refractivity contribution in [3.63, 3.8) is 0 Å². The number of nitrogens with zero attached hydrogens (tertiary/aromatic N) is 2. The van der Waals surface area contributed by atoms with Crippen molar-refractivity contribution in [3.05, 3.63) is 53.9 Å². The van der Waals surface area contributed by atoms with Crippen LogP contribution in [-0.4, -0.2) is 30.2 Å². The molecule has 0 atom stereocenters. The van der Waals surface area contributed by atoms with Gasteiger partial charge in [0.25, 0.3) is 0 Å². The largest absolute Gasteiger partial charge is 0.493 e. The number of para-hydroxylation sites is 2. The molecular weight excluding hydrogens is 322 g/mol. The second-order valence-corrected chi connectivity index (χ2v) is 5.16. The number of ether oxygens (including phenoxy) is 3. The fraction of sp³-hybridized carbons (Fsp3) is 0.167. The summed E-state index contributed by atoms with van der Waals surface area (Å²) in [5.41, 5.74) is 6.88. The minimum absolute atomic E-state index is 0.103. The number of esters is 1. The smallest absolute Gasteiger partial charge is 0.342 e. The van der Waals surface area contributed by atoms with E-state index in [9.17, 15) is 4.79 Å². The summed E-state index contributed by atoms with van der Waals surface area (Å²) < 4.78 is 15.7. The number of hydrogen-bond donors (Lipinski definition) is 1. The van der Waals surface area contributed by atoms with E-state index >= 15 is 0 Å². The second kappa shape index (κ2) is 7.04. The van der Waals surface area contributed by atoms with Crippen molar-refractivity contribution < 1.29 is 19.0 Å². The SMILES string of the molecule is COc1cccc(C(=O)OCc2nc(N)c3ccccc3n2)c1OC. The topological polar surface area (TPSA) is 96.6 Å². The predicted octanol–water partition coefficient (Wildman–Crippen LogP) is 2.59. The monoisotopic (exact) mass is 339 g/mol. The Kier molecular flexibility index (Phi) is 4.65. The highest BCUT2D eigenvalue weighted by atomic mass is 16.5. The van der Waals surface area contributed by atoms with E-state index in [2.05, 4.69) is 9.97 Å². The van der Waals surface area contributed by atoms with Crippen LogP contribution >= 0.6 is 0 Å². The van der Waals surface area contributed by atoms with E-state index in [1.165, 1.54) is 14.2 Å². The maximum Gasteiger partial charge on any atom is 0.342 e. The molecule has 1 heterocycles. The number of rotatable bonds is 5. The van der Waals surface area contributed by atoms with Gasteiger partial charge in [-0.15, -0.1) is 0 Å². The van der Waals surface area contributed by atoms with Gasteiger partial charge in [-0.3, -0.25) is 0 Å². The first-order chi connectivity index (χ1) is 12.1. The van der Waals surface area contributed by atoms with Gasteiger partial charge in [-0.25, -0.2) is 14.8 Å². The Balaban J connectivity index is 1.81. The average Bonchev–Trinajstić information content (AvgIpc) is 2.65. The zero-order valence-electron chi connectivity index (χ0n) is 13.9. The maximum absolute atomic E-state index is 12.4. The molecule has 3 rings (SSSR count). The Morgan fingerprint density at radius 3 is 2.60 bits per heavy atom. The van der Waals surface area contributed by atoms with Gasteiger partial charge in [0, 0.05) is 5.39 Å². The van der Waals surface area contributed by atoms with Gasteiger partial charge < -0.3 is 19.9 Å². The highest BCUT2D eigenvalue weighted by molar-refractivity contribution is 5.93. The van der Waals surface area contributed by atoms with Gasteiger partial charge in [-0.1, -0.05) is 18.2 Å². The molecule has 0 aliphatic carbocycles. The van der Waals surface area contributed by atoms with Gasteiger partial charge in [0.15, 0.2) is 23.9 Å². The zero-order valence-corrected chi connectivity index (χ0v) is 13.9. The number of nitrogen functional groups attached to an aromatic ring is 1. The molecule has 0 bridgehead atoms. The quantitative estimate of drug-likeness (QED) is 0.714. The number of anilines is 1. The normalized spacial score (nSPS) is 10.5. The van der Waals surface area contributed by atoms with E-state index in [-0.39, 0.29) is 12.2 Å². The van der Waals surface area contributed by atoms with Crippen LogP contribution in [0.1, 0.15) is 16.2 Å². The lowest BCUT2D eigenvalue weighted by Crippen LogP contribution is -2.10. The fourth-order valence-electron chi connectivity index (χ4n) is 2.47. The van der Waals surface area contributed by atoms with Gasteiger partial charge in [-0.2, -0.15) is 0 Å². The lowest BCUT2D eigenvalue weighted by Gasteiger charge is -2.12. The Morgan fingerprint density at radius 1 is 1.04 bits per heavy atom. The molecule has 0 aliphatic rings. The van der Waals surface area contributed by atoms with E-state index < -0.39 is 5.97 Å². The lowest BCUT2D eigenvalue weighted by molar-refractivity contribution is 0.0458. The second-order valence-electron chi connectivity index (χ2n) is 5.16. The Labute approximate surface area is 144 Å². The summed E-state index contributed by atoms with van der Waals surface area (Å²) in [4.78, 5) is 20.9. The first-order valence-corrected chi connectivity index (χ1v) is 7.53. The summed E-state index contributed by atoms with van der Waals surface area (Å²) in [6.45, 7) is -0.103. The Bertz CT molecular complexity index is 927. The minimum atomic E-state index is -0.564. The standard InChI is InChI=1S/C18H17N3O4/c1-23-14-9-5-7-12(16(14)24-2)18(22)25-10-15-20-13-8-4-3-6-11(13)17(19)21-15/h3-9H,10H2,1-2H3,(H2,19,20,21). The van der Waals surface area contributed by atoms with E-state index in [4.69, 9.17) is 19.9 Å². The third kappa shape index (κ3) is 3.30. The molecule has 2 N–H and O–H groups in total. The fourth-order valence-corrected chi connectivity index (χ4v) is 2.47. The first kappa shape index (κ1) is 16.5. The highest BCUT2D eigenvalue weighted by Crippen LogP contribution is 2.31. The number of aromatic nitrogens is 2. The number of carbonyl (C=O) groups is 1. The lowest BCUT2D eigenvalue weighted by atomic mass is 10.2. The number of nitrogens with two attached hydrogens (primary N) is 1. The number of hydrogen-bond acceptors (Lipinski definition) is 7. The van der Waals surface area contributed by atoms with Crippen molar-refractivity contribution in [1.82, 2.24) is 9.97 Å². The third-order valence-electron chi connectivity index (χ3n) is 3.63. The van der Waals surface area contributed by atoms with E-state index in [0.717, 1.165) is 5.39 Å². The van der Waals surface area contributed by atoms with E-state index in [0.29, 0.717) is 28.7 Å². The number of carbonyl (C=O) groups excluding carboxylic acids is 1. The first-order valence-electron chi connectivity index (χ1n) is 7.53. The van der Waals surface area contributed by atoms with Crippen LogP contribution in [0.25, 0.3) is 10.9 Å². The molecule has 0 fully saturated rings. The molecule has 7 nitrogen and oxygen atoms in total. The van der Waals surface area contributed by atoms with Crippen LogP contribution in [0, 0.1) is 0 Å². The Hall–Kier alpha value is -3.35. The van der Waals surface area contributed by atoms with Crippen LogP contribution in [-0.2, 0) is 11.3 Å². The van der Waals surface area contributed by atoms with Crippen molar-refractivity contribution in [1.29, 1.82) is 0 Å². The molecule has 25 heavy (non-hydrogen) atoms. The molecule has 1 aromatic heterocycles. The summed E-state index contributed by atoms with van der Waals surface area (Å²) in [6.07, 6.45) is 0. The number of methoxy groups -OCH3 is 2. The molecule has 0 saturated heterocycles. The van der Waals surface area contributed by atoms with E-state index in [1.807, 2.05) is 24.3 Å². The maximum atomic E-state index is 12.4. The molecule has 3 aromatic rings. The van der Waals surface area contributed by atoms with Gasteiger partial charge >= 0.3 is 5.97 Å². The molecule has 0 spiro atoms. The van der Waals surface area contributed by atoms with E-state index in [1.54, 1.807) is 18.2 Å². The molecule has 7 heteroatoms. The van der Waals surface area contributed by atoms with Crippen LogP contribution in [0.15, 0.2) is 42.5 Å². The molecule has 2 aromatic carbocycles. The number of benzene rings is 2. The van der Waals surface area contributed by atoms with Gasteiger partial charge in [0.05, 0.1) is 19.7 Å². The Morgan fingerprint density at radius 2 is 1.84 bits per heavy atom. The average molecular weight is 339 g/mol. The summed E-state index contributed by atoms with van der Waals surface area (Å²) in [5.74, 6) is 0.866. The summed E-state index contributed by atoms with van der Waals surface area (Å²) in [6, 6.07) is 12.3. The van der Waals surface area contributed by atoms with Crippen LogP contribution in [0.3, 0.4) is 0 Å². The summed E-state index contributed by atoms with van der Waals surface area (Å²) in [5, 5.41) is 0.757. The molecule has 0 radical (unpaired) electrons. The van der Waals surface area contributed by atoms with Crippen molar-refractivity contribution >= 4 is 22.7 Å².